The Morgan fingerprint density at radius 3 is 2.70 bits per heavy atom. The average Bonchev–Trinajstić information content (AvgIpc) is 3.36. The Bertz CT molecular complexity index is 1180. The van der Waals surface area contributed by atoms with Crippen LogP contribution in [0.25, 0.3) is 0 Å². The lowest BCUT2D eigenvalue weighted by atomic mass is 9.88. The molecule has 0 bridgehead atoms. The third kappa shape index (κ3) is 3.87. The summed E-state index contributed by atoms with van der Waals surface area (Å²) in [7, 11) is 0. The van der Waals surface area contributed by atoms with Crippen LogP contribution in [0.4, 0.5) is 0 Å². The van der Waals surface area contributed by atoms with E-state index in [0.717, 1.165) is 16.8 Å². The molecular weight excluding hydrogens is 416 g/mol. The molecule has 0 saturated carbocycles. The monoisotopic (exact) mass is 444 g/mol. The minimum atomic E-state index is -0.513. The summed E-state index contributed by atoms with van der Waals surface area (Å²) >= 11 is 0. The number of aromatic nitrogens is 2. The molecule has 170 valence electrons. The molecule has 0 spiro atoms. The van der Waals surface area contributed by atoms with Crippen LogP contribution in [0.3, 0.4) is 0 Å². The maximum Gasteiger partial charge on any atom is 0.250 e. The second-order valence-electron chi connectivity index (χ2n) is 8.97. The Morgan fingerprint density at radius 1 is 1.15 bits per heavy atom. The second-order valence-corrected chi connectivity index (χ2v) is 8.97. The van der Waals surface area contributed by atoms with Crippen LogP contribution in [0.1, 0.15) is 35.8 Å². The van der Waals surface area contributed by atoms with Crippen molar-refractivity contribution < 1.29 is 9.90 Å². The van der Waals surface area contributed by atoms with Gasteiger partial charge in [0.1, 0.15) is 0 Å². The first-order valence-electron chi connectivity index (χ1n) is 11.4. The fourth-order valence-electron chi connectivity index (χ4n) is 5.56. The molecule has 2 aliphatic heterocycles. The van der Waals surface area contributed by atoms with E-state index < -0.39 is 6.04 Å². The molecule has 0 aliphatic carbocycles. The van der Waals surface area contributed by atoms with Gasteiger partial charge in [-0.15, -0.1) is 0 Å². The zero-order chi connectivity index (χ0) is 22.9. The second kappa shape index (κ2) is 8.92. The first-order valence-corrected chi connectivity index (χ1v) is 11.4. The topological polar surface area (TPSA) is 87.5 Å². The minimum Gasteiger partial charge on any atom is -0.396 e. The summed E-state index contributed by atoms with van der Waals surface area (Å²) in [6, 6.07) is 18.2. The Kier molecular flexibility index (Phi) is 5.83. The molecule has 5 atom stereocenters. The maximum absolute atomic E-state index is 13.7. The molecule has 4 heterocycles. The summed E-state index contributed by atoms with van der Waals surface area (Å²) < 4.78 is 1.79. The van der Waals surface area contributed by atoms with Crippen LogP contribution in [0.15, 0.2) is 77.9 Å². The van der Waals surface area contributed by atoms with E-state index in [2.05, 4.69) is 15.2 Å². The van der Waals surface area contributed by atoms with Crippen LogP contribution < -0.4 is 10.9 Å². The van der Waals surface area contributed by atoms with Gasteiger partial charge in [-0.2, -0.15) is 0 Å². The van der Waals surface area contributed by atoms with Gasteiger partial charge in [-0.1, -0.05) is 42.5 Å². The third-order valence-corrected chi connectivity index (χ3v) is 7.08. The van der Waals surface area contributed by atoms with E-state index >= 15 is 0 Å². The largest absolute Gasteiger partial charge is 0.396 e. The van der Waals surface area contributed by atoms with Crippen molar-refractivity contribution in [3.63, 3.8) is 0 Å². The average molecular weight is 445 g/mol. The van der Waals surface area contributed by atoms with Crippen LogP contribution in [0, 0.1) is 11.8 Å². The predicted octanol–water partition coefficient (Wildman–Crippen LogP) is 2.28. The van der Waals surface area contributed by atoms with Crippen LogP contribution in [-0.2, 0) is 17.9 Å². The molecule has 3 aromatic rings. The van der Waals surface area contributed by atoms with E-state index in [9.17, 15) is 14.7 Å². The highest BCUT2D eigenvalue weighted by molar-refractivity contribution is 5.83. The molecule has 33 heavy (non-hydrogen) atoms. The summed E-state index contributed by atoms with van der Waals surface area (Å²) in [5, 5.41) is 13.6. The number of rotatable bonds is 6. The number of carbonyl (C=O) groups is 1. The third-order valence-electron chi connectivity index (χ3n) is 7.08. The van der Waals surface area contributed by atoms with Gasteiger partial charge in [0.2, 0.25) is 5.91 Å². The van der Waals surface area contributed by atoms with Crippen LogP contribution >= 0.6 is 0 Å². The summed E-state index contributed by atoms with van der Waals surface area (Å²) in [6.45, 7) is 2.86. The molecule has 0 radical (unpaired) electrons. The molecule has 1 fully saturated rings. The molecule has 2 aromatic heterocycles. The Balaban J connectivity index is 1.51. The number of pyridine rings is 2. The predicted molar refractivity (Wildman–Crippen MR) is 124 cm³/mol. The lowest BCUT2D eigenvalue weighted by Gasteiger charge is -2.31. The summed E-state index contributed by atoms with van der Waals surface area (Å²) in [5.74, 6) is -0.410. The van der Waals surface area contributed by atoms with Crippen molar-refractivity contribution in [3.8, 4) is 0 Å². The quantitative estimate of drug-likeness (QED) is 0.609. The van der Waals surface area contributed by atoms with Crippen LogP contribution in [0.2, 0.25) is 0 Å². The summed E-state index contributed by atoms with van der Waals surface area (Å²) in [6.07, 6.45) is 3.53. The Labute approximate surface area is 192 Å². The summed E-state index contributed by atoms with van der Waals surface area (Å²) in [5.41, 5.74) is 2.88. The van der Waals surface area contributed by atoms with E-state index in [0.29, 0.717) is 13.1 Å². The smallest absolute Gasteiger partial charge is 0.250 e. The van der Waals surface area contributed by atoms with E-state index in [1.54, 1.807) is 29.1 Å². The number of amides is 1. The number of hydrogen-bond acceptors (Lipinski definition) is 5. The number of nitrogens with zero attached hydrogens (tertiary/aromatic N) is 3. The number of benzene rings is 1. The maximum atomic E-state index is 13.7. The van der Waals surface area contributed by atoms with Crippen LogP contribution in [0.5, 0.6) is 0 Å². The zero-order valence-electron chi connectivity index (χ0n) is 18.5. The number of nitrogens with one attached hydrogen (secondary N) is 1. The van der Waals surface area contributed by atoms with Gasteiger partial charge in [0, 0.05) is 55.7 Å². The molecule has 1 saturated heterocycles. The van der Waals surface area contributed by atoms with Crippen molar-refractivity contribution in [2.75, 3.05) is 6.61 Å². The van der Waals surface area contributed by atoms with E-state index in [4.69, 9.17) is 0 Å². The molecule has 0 unspecified atom stereocenters. The van der Waals surface area contributed by atoms with Crippen molar-refractivity contribution in [1.82, 2.24) is 19.8 Å². The number of carbonyl (C=O) groups excluding carboxylic acids is 1. The molecule has 7 nitrogen and oxygen atoms in total. The van der Waals surface area contributed by atoms with E-state index in [1.807, 2.05) is 55.5 Å². The van der Waals surface area contributed by atoms with Gasteiger partial charge in [0.15, 0.2) is 0 Å². The highest BCUT2D eigenvalue weighted by Crippen LogP contribution is 2.49. The number of aliphatic hydroxyl groups is 1. The van der Waals surface area contributed by atoms with Crippen molar-refractivity contribution in [2.24, 2.45) is 11.8 Å². The fourth-order valence-corrected chi connectivity index (χ4v) is 5.56. The molecule has 5 rings (SSSR count). The van der Waals surface area contributed by atoms with Gasteiger partial charge in [0.25, 0.3) is 5.56 Å². The van der Waals surface area contributed by atoms with Crippen molar-refractivity contribution in [3.05, 3.63) is 100 Å². The first kappa shape index (κ1) is 21.6. The normalized spacial score (nSPS) is 24.8. The SMILES string of the molecule is C[C@H](NC(=O)[C@H]1[C@H](CO)[C@H]2Cn3c(cccc3=O)[C@H]2N1Cc1cccnc1)c1ccccc1. The number of fused-ring (bicyclic) bond motifs is 3. The van der Waals surface area contributed by atoms with Crippen LogP contribution in [-0.4, -0.2) is 38.1 Å². The van der Waals surface area contributed by atoms with Crippen molar-refractivity contribution in [2.45, 2.75) is 38.1 Å². The number of likely N-dealkylation sites (tertiary alicyclic amines) is 1. The first-order chi connectivity index (χ1) is 16.1. The lowest BCUT2D eigenvalue weighted by Crippen LogP contribution is -2.48. The van der Waals surface area contributed by atoms with Gasteiger partial charge in [0.05, 0.1) is 18.1 Å². The lowest BCUT2D eigenvalue weighted by molar-refractivity contribution is -0.128. The van der Waals surface area contributed by atoms with Gasteiger partial charge in [-0.05, 0) is 30.2 Å². The zero-order valence-corrected chi connectivity index (χ0v) is 18.5. The minimum absolute atomic E-state index is 0.0236. The molecule has 7 heteroatoms. The number of aliphatic hydroxyl groups excluding tert-OH is 1. The van der Waals surface area contributed by atoms with Crippen molar-refractivity contribution >= 4 is 5.91 Å². The van der Waals surface area contributed by atoms with Crippen molar-refractivity contribution in [1.29, 1.82) is 0 Å². The highest BCUT2D eigenvalue weighted by atomic mass is 16.3. The van der Waals surface area contributed by atoms with Gasteiger partial charge in [-0.3, -0.25) is 19.5 Å². The molecule has 2 N–H and O–H groups in total. The van der Waals surface area contributed by atoms with Gasteiger partial charge >= 0.3 is 0 Å². The molecule has 2 aliphatic rings. The standard InChI is InChI=1S/C26H28N4O3/c1-17(19-8-3-2-4-9-19)28-26(33)25-21(16-31)20-15-29-22(10-5-11-23(29)32)24(20)30(25)14-18-7-6-12-27-13-18/h2-13,17,20-21,24-25,31H,14-16H2,1H3,(H,28,33)/t17-,20+,21+,24-,25+/m0/s1. The Hall–Kier alpha value is -3.29. The van der Waals surface area contributed by atoms with Gasteiger partial charge < -0.3 is 15.0 Å². The molecule has 1 amide bonds. The Morgan fingerprint density at radius 2 is 1.97 bits per heavy atom. The molecular formula is C26H28N4O3. The fraction of sp³-hybridized carbons (Fsp3) is 0.346. The van der Waals surface area contributed by atoms with Gasteiger partial charge in [-0.25, -0.2) is 0 Å². The highest BCUT2D eigenvalue weighted by Gasteiger charge is 2.55. The van der Waals surface area contributed by atoms with E-state index in [-0.39, 0.29) is 42.0 Å². The summed E-state index contributed by atoms with van der Waals surface area (Å²) in [4.78, 5) is 32.6. The van der Waals surface area contributed by atoms with E-state index in [1.165, 1.54) is 0 Å². The molecule has 1 aromatic carbocycles. The number of hydrogen-bond donors (Lipinski definition) is 2.